The summed E-state index contributed by atoms with van der Waals surface area (Å²) in [5, 5.41) is 2.51. The number of aryl methyl sites for hydroxylation is 2. The standard InChI is InChI=1S/C48H33BN2OS/c1-30-19-22-34(23-20-30)51-41-25-21-31(2)27-38(41)49-39-29-46-37(28-44(39)52-43-17-10-16-42(51)48(43)49)35-24-26-40(36-15-9-18-45(53-46)47(35)36)50(32-11-5-3-6-12-32)33-13-7-4-8-14-33/h3-29H,1-2H3. The number of hydrogen-bond acceptors (Lipinski definition) is 4. The van der Waals surface area contributed by atoms with Crippen LogP contribution in [0.5, 0.6) is 11.5 Å². The van der Waals surface area contributed by atoms with Crippen molar-refractivity contribution in [3.63, 3.8) is 0 Å². The van der Waals surface area contributed by atoms with Crippen LogP contribution in [0.2, 0.25) is 0 Å². The molecule has 0 saturated carbocycles. The molecule has 0 unspecified atom stereocenters. The van der Waals surface area contributed by atoms with Crippen molar-refractivity contribution in [1.82, 2.24) is 0 Å². The molecule has 3 nitrogen and oxygen atoms in total. The SMILES string of the molecule is Cc1ccc(N2c3ccc(C)cc3B3c4cc5c(cc4Oc4cccc2c43)-c2ccc(N(c3ccccc3)c3ccccc3)c3cccc(c23)S5)cc1. The molecule has 0 N–H and O–H groups in total. The minimum atomic E-state index is 0.0531. The Labute approximate surface area is 314 Å². The molecule has 0 saturated heterocycles. The highest BCUT2D eigenvalue weighted by atomic mass is 32.2. The number of fused-ring (bicyclic) bond motifs is 6. The molecule has 3 heterocycles. The first kappa shape index (κ1) is 30.5. The van der Waals surface area contributed by atoms with Gasteiger partial charge in [0.05, 0.1) is 5.69 Å². The summed E-state index contributed by atoms with van der Waals surface area (Å²) in [6, 6.07) is 59.7. The Kier molecular flexibility index (Phi) is 6.71. The molecule has 0 amide bonds. The van der Waals surface area contributed by atoms with Gasteiger partial charge in [-0.05, 0) is 120 Å². The molecule has 0 atom stereocenters. The van der Waals surface area contributed by atoms with Gasteiger partial charge in [-0.15, -0.1) is 0 Å². The maximum Gasteiger partial charge on any atom is 0.256 e. The first-order valence-electron chi connectivity index (χ1n) is 18.2. The van der Waals surface area contributed by atoms with E-state index in [4.69, 9.17) is 4.74 Å². The Morgan fingerprint density at radius 3 is 2.06 bits per heavy atom. The Hall–Kier alpha value is -6.17. The normalized spacial score (nSPS) is 13.1. The van der Waals surface area contributed by atoms with Crippen LogP contribution in [0.25, 0.3) is 21.9 Å². The van der Waals surface area contributed by atoms with Crippen molar-refractivity contribution in [3.8, 4) is 22.6 Å². The minimum absolute atomic E-state index is 0.0531. The lowest BCUT2D eigenvalue weighted by Gasteiger charge is -2.40. The molecule has 250 valence electrons. The molecule has 0 bridgehead atoms. The first-order chi connectivity index (χ1) is 26.1. The zero-order valence-corrected chi connectivity index (χ0v) is 30.2. The quantitative estimate of drug-likeness (QED) is 0.170. The topological polar surface area (TPSA) is 15.7 Å². The molecule has 8 aromatic rings. The second-order valence-electron chi connectivity index (χ2n) is 14.3. The van der Waals surface area contributed by atoms with Crippen LogP contribution in [0.3, 0.4) is 0 Å². The second kappa shape index (κ2) is 11.7. The van der Waals surface area contributed by atoms with Crippen molar-refractivity contribution < 1.29 is 4.74 Å². The van der Waals surface area contributed by atoms with Gasteiger partial charge < -0.3 is 14.5 Å². The van der Waals surface area contributed by atoms with Gasteiger partial charge in [-0.2, -0.15) is 0 Å². The van der Waals surface area contributed by atoms with E-state index < -0.39 is 0 Å². The van der Waals surface area contributed by atoms with Gasteiger partial charge in [-0.3, -0.25) is 0 Å². The summed E-state index contributed by atoms with van der Waals surface area (Å²) < 4.78 is 6.96. The smallest absolute Gasteiger partial charge is 0.256 e. The van der Waals surface area contributed by atoms with Crippen LogP contribution in [0.15, 0.2) is 174 Å². The lowest BCUT2D eigenvalue weighted by atomic mass is 9.34. The highest BCUT2D eigenvalue weighted by Gasteiger charge is 2.42. The lowest BCUT2D eigenvalue weighted by Crippen LogP contribution is -2.59. The van der Waals surface area contributed by atoms with Crippen LogP contribution < -0.4 is 30.9 Å². The monoisotopic (exact) mass is 696 g/mol. The number of benzene rings is 8. The van der Waals surface area contributed by atoms with Crippen LogP contribution in [0.1, 0.15) is 11.1 Å². The van der Waals surface area contributed by atoms with Gasteiger partial charge in [0.15, 0.2) is 0 Å². The molecule has 8 aromatic carbocycles. The van der Waals surface area contributed by atoms with E-state index in [9.17, 15) is 0 Å². The third-order valence-corrected chi connectivity index (χ3v) is 12.1. The Morgan fingerprint density at radius 1 is 0.547 bits per heavy atom. The van der Waals surface area contributed by atoms with Gasteiger partial charge in [0.25, 0.3) is 6.71 Å². The largest absolute Gasteiger partial charge is 0.458 e. The molecule has 0 fully saturated rings. The van der Waals surface area contributed by atoms with Crippen LogP contribution in [-0.2, 0) is 0 Å². The van der Waals surface area contributed by atoms with Gasteiger partial charge in [0.2, 0.25) is 0 Å². The predicted molar refractivity (Wildman–Crippen MR) is 224 cm³/mol. The van der Waals surface area contributed by atoms with Crippen molar-refractivity contribution in [2.24, 2.45) is 0 Å². The summed E-state index contributed by atoms with van der Waals surface area (Å²) in [6.45, 7) is 4.39. The van der Waals surface area contributed by atoms with Crippen LogP contribution >= 0.6 is 11.8 Å². The minimum Gasteiger partial charge on any atom is -0.458 e. The van der Waals surface area contributed by atoms with Crippen molar-refractivity contribution in [2.45, 2.75) is 23.6 Å². The summed E-state index contributed by atoms with van der Waals surface area (Å²) in [5.41, 5.74) is 15.7. The second-order valence-corrected chi connectivity index (χ2v) is 15.3. The van der Waals surface area contributed by atoms with E-state index in [0.29, 0.717) is 0 Å². The summed E-state index contributed by atoms with van der Waals surface area (Å²) in [7, 11) is 0. The number of ether oxygens (including phenoxy) is 1. The summed E-state index contributed by atoms with van der Waals surface area (Å²) in [4.78, 5) is 7.32. The number of rotatable bonds is 4. The fourth-order valence-electron chi connectivity index (χ4n) is 8.66. The number of anilines is 6. The van der Waals surface area contributed by atoms with Crippen molar-refractivity contribution in [3.05, 3.63) is 175 Å². The molecule has 0 radical (unpaired) electrons. The fourth-order valence-corrected chi connectivity index (χ4v) is 9.83. The fraction of sp³-hybridized carbons (Fsp3) is 0.0417. The average Bonchev–Trinajstić information content (AvgIpc) is 3.19. The average molecular weight is 697 g/mol. The van der Waals surface area contributed by atoms with E-state index in [-0.39, 0.29) is 6.71 Å². The molecular formula is C48H33BN2OS. The third kappa shape index (κ3) is 4.64. The summed E-state index contributed by atoms with van der Waals surface area (Å²) in [5.74, 6) is 1.86. The van der Waals surface area contributed by atoms with E-state index in [0.717, 1.165) is 34.2 Å². The maximum atomic E-state index is 6.96. The highest BCUT2D eigenvalue weighted by Crippen LogP contribution is 2.52. The van der Waals surface area contributed by atoms with Crippen LogP contribution in [-0.4, -0.2) is 6.71 Å². The lowest BCUT2D eigenvalue weighted by molar-refractivity contribution is 0.487. The van der Waals surface area contributed by atoms with Crippen molar-refractivity contribution in [1.29, 1.82) is 0 Å². The zero-order chi connectivity index (χ0) is 35.2. The van der Waals surface area contributed by atoms with Gasteiger partial charge in [0.1, 0.15) is 11.5 Å². The Bertz CT molecular complexity index is 2730. The van der Waals surface area contributed by atoms with E-state index in [1.54, 1.807) is 0 Å². The van der Waals surface area contributed by atoms with Gasteiger partial charge >= 0.3 is 0 Å². The molecule has 0 spiro atoms. The molecule has 53 heavy (non-hydrogen) atoms. The summed E-state index contributed by atoms with van der Waals surface area (Å²) in [6.07, 6.45) is 0. The molecule has 3 aliphatic rings. The van der Waals surface area contributed by atoms with E-state index in [1.807, 2.05) is 11.8 Å². The number of para-hydroxylation sites is 2. The van der Waals surface area contributed by atoms with E-state index in [2.05, 4.69) is 187 Å². The van der Waals surface area contributed by atoms with Crippen molar-refractivity contribution in [2.75, 3.05) is 9.80 Å². The van der Waals surface area contributed by atoms with E-state index in [1.165, 1.54) is 70.6 Å². The van der Waals surface area contributed by atoms with Crippen LogP contribution in [0.4, 0.5) is 34.1 Å². The number of nitrogens with zero attached hydrogens (tertiary/aromatic N) is 2. The maximum absolute atomic E-state index is 6.96. The molecule has 11 rings (SSSR count). The number of hydrogen-bond donors (Lipinski definition) is 0. The molecule has 0 aromatic heterocycles. The van der Waals surface area contributed by atoms with Gasteiger partial charge in [-0.1, -0.05) is 108 Å². The van der Waals surface area contributed by atoms with E-state index >= 15 is 0 Å². The zero-order valence-electron chi connectivity index (χ0n) is 29.4. The molecular weight excluding hydrogens is 663 g/mol. The van der Waals surface area contributed by atoms with Gasteiger partial charge in [0, 0.05) is 49.0 Å². The third-order valence-electron chi connectivity index (χ3n) is 11.0. The van der Waals surface area contributed by atoms with Gasteiger partial charge in [-0.25, -0.2) is 0 Å². The molecule has 3 aliphatic heterocycles. The molecule has 5 heteroatoms. The van der Waals surface area contributed by atoms with Crippen molar-refractivity contribution >= 4 is 79.8 Å². The Balaban J connectivity index is 1.09. The van der Waals surface area contributed by atoms with Crippen LogP contribution in [0, 0.1) is 13.8 Å². The predicted octanol–water partition coefficient (Wildman–Crippen LogP) is 11.5. The Morgan fingerprint density at radius 2 is 1.28 bits per heavy atom. The summed E-state index contributed by atoms with van der Waals surface area (Å²) >= 11 is 1.87. The molecule has 0 aliphatic carbocycles. The highest BCUT2D eigenvalue weighted by molar-refractivity contribution is 7.99. The first-order valence-corrected chi connectivity index (χ1v) is 19.0.